The second kappa shape index (κ2) is 15.7. The molecule has 0 radical (unpaired) electrons. The van der Waals surface area contributed by atoms with Crippen LogP contribution >= 0.6 is 0 Å². The number of hydrogen-bond donors (Lipinski definition) is 0. The largest absolute Gasteiger partial charge is 0.455 e. The van der Waals surface area contributed by atoms with Gasteiger partial charge in [0.2, 0.25) is 0 Å². The molecule has 0 aliphatic rings. The second-order valence-corrected chi connectivity index (χ2v) is 19.3. The smallest absolute Gasteiger partial charge is 0.180 e. The molecule has 6 nitrogen and oxygen atoms in total. The maximum absolute atomic E-state index is 7.03. The van der Waals surface area contributed by atoms with Crippen LogP contribution in [0.5, 0.6) is 0 Å². The van der Waals surface area contributed by atoms with Gasteiger partial charge < -0.3 is 18.0 Å². The van der Waals surface area contributed by atoms with Gasteiger partial charge >= 0.3 is 0 Å². The Kier molecular flexibility index (Phi) is 8.64. The fourth-order valence-electron chi connectivity index (χ4n) is 11.7. The van der Waals surface area contributed by atoms with E-state index in [2.05, 4.69) is 215 Å². The average Bonchev–Trinajstić information content (AvgIpc) is 4.23. The molecule has 5 aromatic heterocycles. The van der Waals surface area contributed by atoms with E-state index < -0.39 is 0 Å². The number of hydrogen-bond acceptors (Lipinski definition) is 4. The molecule has 6 heteroatoms. The van der Waals surface area contributed by atoms with Crippen molar-refractivity contribution in [2.45, 2.75) is 0 Å². The van der Waals surface area contributed by atoms with Crippen molar-refractivity contribution >= 4 is 98.4 Å². The van der Waals surface area contributed by atoms with Gasteiger partial charge in [0.1, 0.15) is 28.0 Å². The van der Waals surface area contributed by atoms with Crippen LogP contribution in [0.1, 0.15) is 0 Å². The van der Waals surface area contributed by atoms with Crippen molar-refractivity contribution in [3.05, 3.63) is 243 Å². The normalized spacial score (nSPS) is 12.1. The van der Waals surface area contributed by atoms with E-state index in [1.165, 1.54) is 43.4 Å². The topological polar surface area (TPSA) is 61.9 Å². The Hall–Kier alpha value is -10.0. The first-order valence-electron chi connectivity index (χ1n) is 25.0. The van der Waals surface area contributed by atoms with E-state index in [1.54, 1.807) is 0 Å². The van der Waals surface area contributed by atoms with Crippen LogP contribution in [0.2, 0.25) is 0 Å². The van der Waals surface area contributed by atoms with Gasteiger partial charge in [0, 0.05) is 43.6 Å². The SMILES string of the molecule is c1ccc(-c2ccc3oc4c(-c5ccccc5)nc(-c5ccc(-n6c7ccc(-c8ccc9c(c8)c8ccccc8n9-c8ccccc8)cc7c7cc8ccccc8cc76)c6c5oc5ccccc56)nc4c3c2)cc1. The van der Waals surface area contributed by atoms with Gasteiger partial charge in [-0.3, -0.25) is 0 Å². The van der Waals surface area contributed by atoms with Gasteiger partial charge in [0.15, 0.2) is 11.4 Å². The van der Waals surface area contributed by atoms with Crippen LogP contribution < -0.4 is 0 Å². The molecule has 74 heavy (non-hydrogen) atoms. The molecule has 344 valence electrons. The van der Waals surface area contributed by atoms with Crippen LogP contribution in [0.15, 0.2) is 251 Å². The summed E-state index contributed by atoms with van der Waals surface area (Å²) < 4.78 is 18.5. The van der Waals surface area contributed by atoms with Crippen molar-refractivity contribution in [1.29, 1.82) is 0 Å². The molecule has 0 aliphatic carbocycles. The highest BCUT2D eigenvalue weighted by atomic mass is 16.3. The first kappa shape index (κ1) is 40.7. The molecule has 0 spiro atoms. The van der Waals surface area contributed by atoms with E-state index in [9.17, 15) is 0 Å². The summed E-state index contributed by atoms with van der Waals surface area (Å²) in [6, 6.07) is 86.3. The molecule has 0 N–H and O–H groups in total. The van der Waals surface area contributed by atoms with E-state index in [1.807, 2.05) is 36.4 Å². The summed E-state index contributed by atoms with van der Waals surface area (Å²) in [5.41, 5.74) is 17.4. The number of para-hydroxylation sites is 3. The van der Waals surface area contributed by atoms with E-state index in [4.69, 9.17) is 18.8 Å². The highest BCUT2D eigenvalue weighted by Crippen LogP contribution is 2.45. The van der Waals surface area contributed by atoms with Crippen molar-refractivity contribution in [1.82, 2.24) is 19.1 Å². The Balaban J connectivity index is 0.930. The van der Waals surface area contributed by atoms with Crippen LogP contribution in [-0.4, -0.2) is 19.1 Å². The monoisotopic (exact) mass is 944 g/mol. The molecule has 0 atom stereocenters. The van der Waals surface area contributed by atoms with Crippen molar-refractivity contribution in [2.24, 2.45) is 0 Å². The highest BCUT2D eigenvalue weighted by Gasteiger charge is 2.25. The Labute approximate surface area is 423 Å². The lowest BCUT2D eigenvalue weighted by Crippen LogP contribution is -1.98. The minimum atomic E-state index is 0.557. The molecule has 0 fully saturated rings. The van der Waals surface area contributed by atoms with E-state index in [0.717, 1.165) is 99.9 Å². The standard InChI is InChI=1S/C68H40N4O2/c1-4-16-41(17-5-1)45-30-35-62-55(39-45)65-67(74-62)64(42-18-6-2-7-19-42)69-68(70-65)51-31-34-59(63-50-25-13-15-27-61(50)73-66(51)63)72-58-33-29-47(38-53(58)54-36-43-20-10-11-21-44(43)40-60(54)72)46-28-32-57-52(37-46)49-24-12-14-26-56(49)71(57)48-22-8-3-9-23-48/h1-40H. The van der Waals surface area contributed by atoms with Crippen molar-refractivity contribution in [3.8, 4) is 56.3 Å². The van der Waals surface area contributed by atoms with Crippen molar-refractivity contribution < 1.29 is 8.83 Å². The molecule has 0 aliphatic heterocycles. The van der Waals surface area contributed by atoms with Crippen LogP contribution in [0.25, 0.3) is 155 Å². The second-order valence-electron chi connectivity index (χ2n) is 19.3. The Morgan fingerprint density at radius 2 is 0.878 bits per heavy atom. The minimum Gasteiger partial charge on any atom is -0.455 e. The summed E-state index contributed by atoms with van der Waals surface area (Å²) in [6.45, 7) is 0. The lowest BCUT2D eigenvalue weighted by Gasteiger charge is -2.13. The lowest BCUT2D eigenvalue weighted by atomic mass is 10.00. The van der Waals surface area contributed by atoms with Gasteiger partial charge in [-0.25, -0.2) is 9.97 Å². The first-order chi connectivity index (χ1) is 36.7. The van der Waals surface area contributed by atoms with Gasteiger partial charge in [-0.2, -0.15) is 0 Å². The summed E-state index contributed by atoms with van der Waals surface area (Å²) in [5.74, 6) is 0.557. The third-order valence-electron chi connectivity index (χ3n) is 15.1. The van der Waals surface area contributed by atoms with Gasteiger partial charge in [0.25, 0.3) is 0 Å². The predicted molar refractivity (Wildman–Crippen MR) is 305 cm³/mol. The molecular weight excluding hydrogens is 905 g/mol. The quantitative estimate of drug-likeness (QED) is 0.167. The third-order valence-corrected chi connectivity index (χ3v) is 15.1. The van der Waals surface area contributed by atoms with Crippen molar-refractivity contribution in [2.75, 3.05) is 0 Å². The number of nitrogens with zero attached hydrogens (tertiary/aromatic N) is 4. The number of aromatic nitrogens is 4. The number of benzene rings is 11. The molecular formula is C68H40N4O2. The summed E-state index contributed by atoms with van der Waals surface area (Å²) in [7, 11) is 0. The predicted octanol–water partition coefficient (Wildman–Crippen LogP) is 18.3. The molecule has 0 unspecified atom stereocenters. The fourth-order valence-corrected chi connectivity index (χ4v) is 11.7. The van der Waals surface area contributed by atoms with Gasteiger partial charge in [0.05, 0.1) is 38.7 Å². The molecule has 16 aromatic rings. The molecule has 11 aromatic carbocycles. The van der Waals surface area contributed by atoms with Gasteiger partial charge in [-0.1, -0.05) is 158 Å². The molecule has 0 bridgehead atoms. The van der Waals surface area contributed by atoms with E-state index in [0.29, 0.717) is 11.4 Å². The number of fused-ring (bicyclic) bond motifs is 13. The molecule has 0 saturated heterocycles. The average molecular weight is 945 g/mol. The Morgan fingerprint density at radius 3 is 1.66 bits per heavy atom. The summed E-state index contributed by atoms with van der Waals surface area (Å²) in [6.07, 6.45) is 0. The summed E-state index contributed by atoms with van der Waals surface area (Å²) in [5, 5.41) is 10.1. The zero-order valence-corrected chi connectivity index (χ0v) is 39.7. The van der Waals surface area contributed by atoms with Gasteiger partial charge in [-0.05, 0) is 118 Å². The summed E-state index contributed by atoms with van der Waals surface area (Å²) in [4.78, 5) is 10.8. The van der Waals surface area contributed by atoms with E-state index in [-0.39, 0.29) is 0 Å². The molecule has 16 rings (SSSR count). The lowest BCUT2D eigenvalue weighted by molar-refractivity contribution is 0.666. The third kappa shape index (κ3) is 6.06. The molecule has 0 saturated carbocycles. The molecule has 5 heterocycles. The maximum atomic E-state index is 7.03. The van der Waals surface area contributed by atoms with Crippen molar-refractivity contribution in [3.63, 3.8) is 0 Å². The Bertz CT molecular complexity index is 4950. The van der Waals surface area contributed by atoms with E-state index >= 15 is 0 Å². The zero-order chi connectivity index (χ0) is 48.4. The molecule has 0 amide bonds. The highest BCUT2D eigenvalue weighted by molar-refractivity contribution is 6.19. The van der Waals surface area contributed by atoms with Gasteiger partial charge in [-0.15, -0.1) is 0 Å². The Morgan fingerprint density at radius 1 is 0.324 bits per heavy atom. The zero-order valence-electron chi connectivity index (χ0n) is 39.7. The summed E-state index contributed by atoms with van der Waals surface area (Å²) >= 11 is 0. The first-order valence-corrected chi connectivity index (χ1v) is 25.0. The number of rotatable bonds is 6. The van der Waals surface area contributed by atoms with Crippen LogP contribution in [0.3, 0.4) is 0 Å². The van der Waals surface area contributed by atoms with Crippen LogP contribution in [-0.2, 0) is 0 Å². The maximum Gasteiger partial charge on any atom is 0.180 e. The number of furan rings is 2. The van der Waals surface area contributed by atoms with Crippen LogP contribution in [0.4, 0.5) is 0 Å². The van der Waals surface area contributed by atoms with Crippen LogP contribution in [0, 0.1) is 0 Å². The fraction of sp³-hybridized carbons (Fsp3) is 0. The minimum absolute atomic E-state index is 0.557.